The van der Waals surface area contributed by atoms with Gasteiger partial charge < -0.3 is 15.3 Å². The molecule has 0 spiro atoms. The molecule has 4 aliphatic carbocycles. The summed E-state index contributed by atoms with van der Waals surface area (Å²) in [5, 5.41) is 30.2. The molecule has 0 aromatic heterocycles. The van der Waals surface area contributed by atoms with Crippen molar-refractivity contribution in [3.05, 3.63) is 70.4 Å². The van der Waals surface area contributed by atoms with E-state index < -0.39 is 12.1 Å². The minimum atomic E-state index is -0.747. The average Bonchev–Trinajstić information content (AvgIpc) is 3.54. The molecule has 34 heavy (non-hydrogen) atoms. The van der Waals surface area contributed by atoms with Crippen LogP contribution in [0.15, 0.2) is 70.4 Å². The molecule has 0 aliphatic heterocycles. The minimum absolute atomic E-state index is 0.0675. The molecule has 4 nitrogen and oxygen atoms in total. The summed E-state index contributed by atoms with van der Waals surface area (Å²) in [6.45, 7) is 3.82. The van der Waals surface area contributed by atoms with Gasteiger partial charge >= 0.3 is 5.97 Å². The number of aliphatic hydroxyl groups is 2. The number of rotatable bonds is 8. The van der Waals surface area contributed by atoms with Crippen LogP contribution < -0.4 is 0 Å². The van der Waals surface area contributed by atoms with Crippen molar-refractivity contribution in [2.45, 2.75) is 71.0 Å². The van der Waals surface area contributed by atoms with Crippen molar-refractivity contribution in [1.29, 1.82) is 0 Å². The lowest BCUT2D eigenvalue weighted by Gasteiger charge is -2.19. The van der Waals surface area contributed by atoms with Gasteiger partial charge in [-0.2, -0.15) is 0 Å². The largest absolute Gasteiger partial charge is 0.481 e. The first-order chi connectivity index (χ1) is 16.4. The highest BCUT2D eigenvalue weighted by Gasteiger charge is 2.46. The monoisotopic (exact) mass is 460 g/mol. The van der Waals surface area contributed by atoms with Gasteiger partial charge in [0, 0.05) is 18.8 Å². The smallest absolute Gasteiger partial charge is 0.303 e. The molecule has 4 heteroatoms. The van der Waals surface area contributed by atoms with Crippen molar-refractivity contribution in [3.63, 3.8) is 0 Å². The van der Waals surface area contributed by atoms with Crippen molar-refractivity contribution in [2.75, 3.05) is 0 Å². The highest BCUT2D eigenvalue weighted by molar-refractivity contribution is 5.74. The summed E-state index contributed by atoms with van der Waals surface area (Å²) >= 11 is 0. The predicted molar refractivity (Wildman–Crippen MR) is 135 cm³/mol. The number of carboxylic acid groups (broad SMARTS) is 1. The van der Waals surface area contributed by atoms with Gasteiger partial charge in [0.2, 0.25) is 0 Å². The quantitative estimate of drug-likeness (QED) is 0.262. The normalized spacial score (nSPS) is 32.4. The van der Waals surface area contributed by atoms with Gasteiger partial charge in [0.15, 0.2) is 0 Å². The number of carbonyl (C=O) groups is 1. The van der Waals surface area contributed by atoms with Crippen LogP contribution >= 0.6 is 0 Å². The molecule has 0 heterocycles. The Kier molecular flexibility index (Phi) is 7.76. The van der Waals surface area contributed by atoms with E-state index in [1.54, 1.807) is 0 Å². The molecule has 4 rings (SSSR count). The van der Waals surface area contributed by atoms with Crippen molar-refractivity contribution < 1.29 is 20.1 Å². The van der Waals surface area contributed by atoms with Crippen molar-refractivity contribution in [3.8, 4) is 11.8 Å². The molecule has 2 saturated carbocycles. The molecule has 2 fully saturated rings. The van der Waals surface area contributed by atoms with E-state index in [4.69, 9.17) is 5.11 Å². The lowest BCUT2D eigenvalue weighted by Crippen LogP contribution is -2.19. The van der Waals surface area contributed by atoms with Gasteiger partial charge in [-0.25, -0.2) is 0 Å². The Labute approximate surface area is 203 Å². The van der Waals surface area contributed by atoms with Crippen LogP contribution in [0, 0.1) is 35.5 Å². The summed E-state index contributed by atoms with van der Waals surface area (Å²) in [5.41, 5.74) is 6.49. The molecule has 180 valence electrons. The van der Waals surface area contributed by atoms with Crippen LogP contribution in [0.3, 0.4) is 0 Å². The fraction of sp³-hybridized carbons (Fsp3) is 0.500. The summed E-state index contributed by atoms with van der Waals surface area (Å²) in [7, 11) is 0. The average molecular weight is 461 g/mol. The van der Waals surface area contributed by atoms with Gasteiger partial charge in [-0.05, 0) is 85.2 Å². The van der Waals surface area contributed by atoms with Crippen LogP contribution in [0.4, 0.5) is 0 Å². The molecule has 4 aliphatic rings. The van der Waals surface area contributed by atoms with Crippen molar-refractivity contribution in [2.24, 2.45) is 23.7 Å². The third-order valence-electron chi connectivity index (χ3n) is 7.85. The maximum atomic E-state index is 10.9. The fourth-order valence-electron chi connectivity index (χ4n) is 5.97. The van der Waals surface area contributed by atoms with Crippen LogP contribution in [-0.2, 0) is 4.79 Å². The van der Waals surface area contributed by atoms with E-state index in [1.165, 1.54) is 27.9 Å². The minimum Gasteiger partial charge on any atom is -0.481 e. The van der Waals surface area contributed by atoms with E-state index in [2.05, 4.69) is 48.3 Å². The van der Waals surface area contributed by atoms with E-state index in [0.29, 0.717) is 24.7 Å². The number of allylic oxidation sites excluding steroid dienone is 10. The maximum absolute atomic E-state index is 10.9. The number of hydrogen-bond donors (Lipinski definition) is 3. The third kappa shape index (κ3) is 5.22. The summed E-state index contributed by atoms with van der Waals surface area (Å²) in [5.74, 6) is 6.16. The van der Waals surface area contributed by atoms with Crippen LogP contribution in [0.5, 0.6) is 0 Å². The molecule has 6 atom stereocenters. The maximum Gasteiger partial charge on any atom is 0.303 e. The van der Waals surface area contributed by atoms with E-state index in [-0.39, 0.29) is 24.4 Å². The fourth-order valence-corrected chi connectivity index (χ4v) is 5.97. The van der Waals surface area contributed by atoms with Crippen molar-refractivity contribution in [1.82, 2.24) is 0 Å². The molecule has 0 bridgehead atoms. The van der Waals surface area contributed by atoms with Crippen LogP contribution in [0.2, 0.25) is 0 Å². The highest BCUT2D eigenvalue weighted by Crippen LogP contribution is 2.53. The summed E-state index contributed by atoms with van der Waals surface area (Å²) < 4.78 is 0. The number of aliphatic hydroxyl groups excluding tert-OH is 2. The highest BCUT2D eigenvalue weighted by atomic mass is 16.4. The lowest BCUT2D eigenvalue weighted by molar-refractivity contribution is -0.137. The number of aliphatic carboxylic acids is 1. The van der Waals surface area contributed by atoms with E-state index in [9.17, 15) is 15.0 Å². The molecule has 0 aromatic rings. The Morgan fingerprint density at radius 2 is 2.15 bits per heavy atom. The molecule has 0 amide bonds. The molecular weight excluding hydrogens is 424 g/mol. The standard InChI is InChI=1S/C30H36O4/c1-3-4-8-19(2)28(31)14-13-25-27-17-21(15-22(27)18-29(25)32)26-16-20-9-7-11-23(20)24(26)10-5-6-12-30(33)34/h7,9-11,13-14,16,19,22,25,27-29,31-32H,5-6,8,12,15,17-18H2,1-2H3,(H,33,34). The predicted octanol–water partition coefficient (Wildman–Crippen LogP) is 5.27. The second-order valence-electron chi connectivity index (χ2n) is 10.2. The molecular formula is C30H36O4. The Hall–Kier alpha value is -2.61. The lowest BCUT2D eigenvalue weighted by atomic mass is 9.89. The zero-order valence-corrected chi connectivity index (χ0v) is 20.2. The summed E-state index contributed by atoms with van der Waals surface area (Å²) in [4.78, 5) is 10.9. The van der Waals surface area contributed by atoms with Gasteiger partial charge in [0.1, 0.15) is 0 Å². The van der Waals surface area contributed by atoms with E-state index in [1.807, 2.05) is 19.9 Å². The number of fused-ring (bicyclic) bond motifs is 2. The molecule has 0 aromatic carbocycles. The van der Waals surface area contributed by atoms with Gasteiger partial charge in [-0.15, -0.1) is 11.8 Å². The van der Waals surface area contributed by atoms with Gasteiger partial charge in [0.05, 0.1) is 12.2 Å². The SMILES string of the molecule is CC#CCC(C)C(O)C=CC1C(O)CC2CC(=C3C=C4C=CC=C4C3=CCCCC(=O)O)CC21. The summed E-state index contributed by atoms with van der Waals surface area (Å²) in [6.07, 6.45) is 18.9. The van der Waals surface area contributed by atoms with Gasteiger partial charge in [-0.3, -0.25) is 4.79 Å². The molecule has 0 radical (unpaired) electrons. The summed E-state index contributed by atoms with van der Waals surface area (Å²) in [6, 6.07) is 0. The van der Waals surface area contributed by atoms with Crippen LogP contribution in [-0.4, -0.2) is 33.5 Å². The number of hydrogen-bond acceptors (Lipinski definition) is 3. The van der Waals surface area contributed by atoms with Gasteiger partial charge in [-0.1, -0.05) is 49.0 Å². The molecule has 3 N–H and O–H groups in total. The first-order valence-corrected chi connectivity index (χ1v) is 12.6. The van der Waals surface area contributed by atoms with E-state index >= 15 is 0 Å². The zero-order valence-electron chi connectivity index (χ0n) is 20.2. The second-order valence-corrected chi connectivity index (χ2v) is 10.2. The first-order valence-electron chi connectivity index (χ1n) is 12.6. The Morgan fingerprint density at radius 3 is 2.91 bits per heavy atom. The Balaban J connectivity index is 1.50. The van der Waals surface area contributed by atoms with Gasteiger partial charge in [0.25, 0.3) is 0 Å². The Morgan fingerprint density at radius 1 is 1.32 bits per heavy atom. The zero-order chi connectivity index (χ0) is 24.2. The number of carboxylic acids is 1. The van der Waals surface area contributed by atoms with Crippen molar-refractivity contribution >= 4 is 5.97 Å². The second kappa shape index (κ2) is 10.8. The van der Waals surface area contributed by atoms with Crippen LogP contribution in [0.1, 0.15) is 58.8 Å². The van der Waals surface area contributed by atoms with E-state index in [0.717, 1.165) is 25.7 Å². The first kappa shape index (κ1) is 24.5. The van der Waals surface area contributed by atoms with Crippen LogP contribution in [0.25, 0.3) is 0 Å². The molecule has 6 unspecified atom stereocenters. The topological polar surface area (TPSA) is 77.8 Å². The Bertz CT molecular complexity index is 1060. The third-order valence-corrected chi connectivity index (χ3v) is 7.85. The number of unbranched alkanes of at least 4 members (excludes halogenated alkanes) is 1. The molecule has 0 saturated heterocycles.